The molecular formula is C21H35N3O. The Bertz CT molecular complexity index is 490. The van der Waals surface area contributed by atoms with E-state index in [2.05, 4.69) is 53.2 Å². The first-order valence-electron chi connectivity index (χ1n) is 10.1. The summed E-state index contributed by atoms with van der Waals surface area (Å²) in [5.74, 6) is 0.606. The molecule has 0 radical (unpaired) electrons. The summed E-state index contributed by atoms with van der Waals surface area (Å²) < 4.78 is 5.48. The molecule has 1 N–H and O–H groups in total. The molecular weight excluding hydrogens is 310 g/mol. The summed E-state index contributed by atoms with van der Waals surface area (Å²) in [5, 5.41) is 3.59. The molecule has 2 heterocycles. The largest absolute Gasteiger partial charge is 0.379 e. The molecule has 4 heteroatoms. The maximum atomic E-state index is 5.48. The summed E-state index contributed by atoms with van der Waals surface area (Å²) >= 11 is 0. The van der Waals surface area contributed by atoms with E-state index in [1.165, 1.54) is 30.5 Å². The SMILES string of the molecule is CC(C)c1ccc(CN(CCN2CCOCC2)C2CCCNC2)cc1. The summed E-state index contributed by atoms with van der Waals surface area (Å²) in [7, 11) is 0. The third kappa shape index (κ3) is 5.78. The standard InChI is InChI=1S/C21H35N3O/c1-18(2)20-7-5-19(6-8-20)17-24(21-4-3-9-22-16-21)11-10-23-12-14-25-15-13-23/h5-8,18,21-22H,3-4,9-17H2,1-2H3. The number of ether oxygens (including phenoxy) is 1. The smallest absolute Gasteiger partial charge is 0.0594 e. The quantitative estimate of drug-likeness (QED) is 0.822. The number of benzene rings is 1. The zero-order chi connectivity index (χ0) is 17.5. The van der Waals surface area contributed by atoms with E-state index in [0.717, 1.165) is 52.5 Å². The molecule has 140 valence electrons. The predicted octanol–water partition coefficient (Wildman–Crippen LogP) is 2.70. The van der Waals surface area contributed by atoms with Crippen molar-refractivity contribution < 1.29 is 4.74 Å². The van der Waals surface area contributed by atoms with E-state index in [4.69, 9.17) is 4.74 Å². The zero-order valence-corrected chi connectivity index (χ0v) is 16.0. The number of piperidine rings is 1. The van der Waals surface area contributed by atoms with Crippen LogP contribution >= 0.6 is 0 Å². The average Bonchev–Trinajstić information content (AvgIpc) is 2.67. The lowest BCUT2D eigenvalue weighted by molar-refractivity contribution is 0.0290. The second-order valence-electron chi connectivity index (χ2n) is 7.82. The average molecular weight is 346 g/mol. The topological polar surface area (TPSA) is 27.7 Å². The Balaban J connectivity index is 1.60. The Hall–Kier alpha value is -0.940. The number of nitrogens with one attached hydrogen (secondary N) is 1. The molecule has 2 saturated heterocycles. The fourth-order valence-electron chi connectivity index (χ4n) is 3.87. The zero-order valence-electron chi connectivity index (χ0n) is 16.0. The fourth-order valence-corrected chi connectivity index (χ4v) is 3.87. The molecule has 2 fully saturated rings. The molecule has 0 spiro atoms. The second kappa shape index (κ2) is 9.67. The van der Waals surface area contributed by atoms with Gasteiger partial charge in [-0.1, -0.05) is 38.1 Å². The summed E-state index contributed by atoms with van der Waals surface area (Å²) in [4.78, 5) is 5.25. The van der Waals surface area contributed by atoms with Gasteiger partial charge >= 0.3 is 0 Å². The first-order valence-corrected chi connectivity index (χ1v) is 10.1. The lowest BCUT2D eigenvalue weighted by Crippen LogP contribution is -2.49. The predicted molar refractivity (Wildman–Crippen MR) is 104 cm³/mol. The van der Waals surface area contributed by atoms with Crippen molar-refractivity contribution in [1.29, 1.82) is 0 Å². The number of hydrogen-bond donors (Lipinski definition) is 1. The lowest BCUT2D eigenvalue weighted by atomic mass is 10.0. The molecule has 1 aromatic carbocycles. The van der Waals surface area contributed by atoms with Crippen molar-refractivity contribution in [2.24, 2.45) is 0 Å². The van der Waals surface area contributed by atoms with Gasteiger partial charge < -0.3 is 10.1 Å². The number of rotatable bonds is 7. The molecule has 25 heavy (non-hydrogen) atoms. The van der Waals surface area contributed by atoms with Crippen LogP contribution in [0.2, 0.25) is 0 Å². The molecule has 0 amide bonds. The van der Waals surface area contributed by atoms with Crippen LogP contribution in [0.5, 0.6) is 0 Å². The summed E-state index contributed by atoms with van der Waals surface area (Å²) in [6.07, 6.45) is 2.62. The fraction of sp³-hybridized carbons (Fsp3) is 0.714. The van der Waals surface area contributed by atoms with Crippen molar-refractivity contribution in [3.8, 4) is 0 Å². The highest BCUT2D eigenvalue weighted by Gasteiger charge is 2.22. The van der Waals surface area contributed by atoms with Crippen LogP contribution in [0.15, 0.2) is 24.3 Å². The van der Waals surface area contributed by atoms with Crippen molar-refractivity contribution in [3.63, 3.8) is 0 Å². The Labute approximate surface area is 153 Å². The molecule has 3 rings (SSSR count). The van der Waals surface area contributed by atoms with Crippen LogP contribution < -0.4 is 5.32 Å². The van der Waals surface area contributed by atoms with E-state index in [9.17, 15) is 0 Å². The van der Waals surface area contributed by atoms with E-state index in [0.29, 0.717) is 12.0 Å². The second-order valence-corrected chi connectivity index (χ2v) is 7.82. The Morgan fingerprint density at radius 2 is 1.96 bits per heavy atom. The van der Waals surface area contributed by atoms with Crippen LogP contribution in [-0.4, -0.2) is 68.3 Å². The van der Waals surface area contributed by atoms with E-state index in [1.807, 2.05) is 0 Å². The van der Waals surface area contributed by atoms with Gasteiger partial charge in [0, 0.05) is 45.3 Å². The van der Waals surface area contributed by atoms with E-state index in [-0.39, 0.29) is 0 Å². The molecule has 2 aliphatic heterocycles. The summed E-state index contributed by atoms with van der Waals surface area (Å²) in [6.45, 7) is 14.2. The maximum Gasteiger partial charge on any atom is 0.0594 e. The monoisotopic (exact) mass is 345 g/mol. The van der Waals surface area contributed by atoms with Gasteiger partial charge in [-0.3, -0.25) is 9.80 Å². The van der Waals surface area contributed by atoms with Gasteiger partial charge in [0.05, 0.1) is 13.2 Å². The van der Waals surface area contributed by atoms with Gasteiger partial charge in [-0.05, 0) is 36.4 Å². The van der Waals surface area contributed by atoms with Gasteiger partial charge in [0.2, 0.25) is 0 Å². The van der Waals surface area contributed by atoms with Crippen LogP contribution in [0.4, 0.5) is 0 Å². The highest BCUT2D eigenvalue weighted by atomic mass is 16.5. The highest BCUT2D eigenvalue weighted by Crippen LogP contribution is 2.18. The van der Waals surface area contributed by atoms with Crippen LogP contribution in [0.3, 0.4) is 0 Å². The molecule has 1 atom stereocenters. The van der Waals surface area contributed by atoms with E-state index in [1.54, 1.807) is 0 Å². The lowest BCUT2D eigenvalue weighted by Gasteiger charge is -2.37. The van der Waals surface area contributed by atoms with Crippen molar-refractivity contribution in [1.82, 2.24) is 15.1 Å². The third-order valence-electron chi connectivity index (χ3n) is 5.63. The van der Waals surface area contributed by atoms with E-state index < -0.39 is 0 Å². The van der Waals surface area contributed by atoms with Crippen molar-refractivity contribution in [2.75, 3.05) is 52.5 Å². The molecule has 1 unspecified atom stereocenters. The number of nitrogens with zero attached hydrogens (tertiary/aromatic N) is 2. The minimum absolute atomic E-state index is 0.606. The highest BCUT2D eigenvalue weighted by molar-refractivity contribution is 5.24. The molecule has 2 aliphatic rings. The van der Waals surface area contributed by atoms with Crippen LogP contribution in [0.1, 0.15) is 43.7 Å². The van der Waals surface area contributed by atoms with Gasteiger partial charge in [0.25, 0.3) is 0 Å². The number of morpholine rings is 1. The molecule has 0 aliphatic carbocycles. The van der Waals surface area contributed by atoms with Gasteiger partial charge in [-0.15, -0.1) is 0 Å². The first-order chi connectivity index (χ1) is 12.2. The van der Waals surface area contributed by atoms with Crippen molar-refractivity contribution in [2.45, 2.75) is 45.2 Å². The van der Waals surface area contributed by atoms with Crippen molar-refractivity contribution in [3.05, 3.63) is 35.4 Å². The van der Waals surface area contributed by atoms with Gasteiger partial charge in [-0.25, -0.2) is 0 Å². The van der Waals surface area contributed by atoms with Gasteiger partial charge in [0.1, 0.15) is 0 Å². The molecule has 0 aromatic heterocycles. The summed E-state index contributed by atoms with van der Waals surface area (Å²) in [5.41, 5.74) is 2.87. The van der Waals surface area contributed by atoms with Crippen molar-refractivity contribution >= 4 is 0 Å². The maximum absolute atomic E-state index is 5.48. The van der Waals surface area contributed by atoms with E-state index >= 15 is 0 Å². The van der Waals surface area contributed by atoms with Crippen LogP contribution in [-0.2, 0) is 11.3 Å². The molecule has 0 saturated carbocycles. The molecule has 1 aromatic rings. The Morgan fingerprint density at radius 1 is 1.20 bits per heavy atom. The van der Waals surface area contributed by atoms with Crippen LogP contribution in [0.25, 0.3) is 0 Å². The Kier molecular flexibility index (Phi) is 7.29. The molecule has 4 nitrogen and oxygen atoms in total. The van der Waals surface area contributed by atoms with Gasteiger partial charge in [0.15, 0.2) is 0 Å². The minimum Gasteiger partial charge on any atom is -0.379 e. The number of hydrogen-bond acceptors (Lipinski definition) is 4. The summed E-state index contributed by atoms with van der Waals surface area (Å²) in [6, 6.07) is 9.93. The third-order valence-corrected chi connectivity index (χ3v) is 5.63. The van der Waals surface area contributed by atoms with Gasteiger partial charge in [-0.2, -0.15) is 0 Å². The normalized spacial score (nSPS) is 22.6. The molecule has 0 bridgehead atoms. The van der Waals surface area contributed by atoms with Crippen LogP contribution in [0, 0.1) is 0 Å². The Morgan fingerprint density at radius 3 is 2.60 bits per heavy atom. The first kappa shape index (κ1) is 18.8. The minimum atomic E-state index is 0.606.